The van der Waals surface area contributed by atoms with Crippen LogP contribution in [0, 0.1) is 11.3 Å². The van der Waals surface area contributed by atoms with Crippen molar-refractivity contribution in [3.05, 3.63) is 0 Å². The molecule has 0 aromatic heterocycles. The maximum Gasteiger partial charge on any atom is 0.326 e. The first-order chi connectivity index (χ1) is 13.7. The van der Waals surface area contributed by atoms with Crippen molar-refractivity contribution >= 4 is 42.2 Å². The summed E-state index contributed by atoms with van der Waals surface area (Å²) in [5.74, 6) is -2.71. The molecule has 0 aliphatic carbocycles. The number of hydrogen-bond donors (Lipinski definition) is 4. The number of carboxylic acids is 1. The van der Waals surface area contributed by atoms with Gasteiger partial charge < -0.3 is 15.7 Å². The average Bonchev–Trinajstić information content (AvgIpc) is 2.92. The van der Waals surface area contributed by atoms with E-state index in [9.17, 15) is 29.1 Å². The molecular formula is C20H33N3O6S. The molecule has 1 fully saturated rings. The normalized spacial score (nSPS) is 17.6. The van der Waals surface area contributed by atoms with E-state index >= 15 is 0 Å². The van der Waals surface area contributed by atoms with Crippen molar-refractivity contribution in [3.63, 3.8) is 0 Å². The first-order valence-electron chi connectivity index (χ1n) is 10.1. The van der Waals surface area contributed by atoms with Gasteiger partial charge in [0.05, 0.1) is 5.25 Å². The molecule has 0 spiro atoms. The van der Waals surface area contributed by atoms with Crippen LogP contribution in [-0.4, -0.2) is 63.5 Å². The Labute approximate surface area is 182 Å². The van der Waals surface area contributed by atoms with Crippen LogP contribution in [0.5, 0.6) is 0 Å². The summed E-state index contributed by atoms with van der Waals surface area (Å²) >= 11 is 4.25. The molecule has 3 N–H and O–H groups in total. The van der Waals surface area contributed by atoms with E-state index < -0.39 is 40.5 Å². The van der Waals surface area contributed by atoms with Gasteiger partial charge in [0.1, 0.15) is 12.1 Å². The van der Waals surface area contributed by atoms with Gasteiger partial charge >= 0.3 is 5.97 Å². The molecule has 0 saturated carbocycles. The third kappa shape index (κ3) is 7.62. The first kappa shape index (κ1) is 25.9. The van der Waals surface area contributed by atoms with Gasteiger partial charge in [0.2, 0.25) is 23.6 Å². The fourth-order valence-corrected chi connectivity index (χ4v) is 3.31. The monoisotopic (exact) mass is 443 g/mol. The Kier molecular flexibility index (Phi) is 9.33. The fourth-order valence-electron chi connectivity index (χ4n) is 3.12. The van der Waals surface area contributed by atoms with E-state index in [1.807, 2.05) is 13.8 Å². The van der Waals surface area contributed by atoms with E-state index in [-0.39, 0.29) is 43.5 Å². The smallest absolute Gasteiger partial charge is 0.326 e. The zero-order valence-corrected chi connectivity index (χ0v) is 19.1. The first-order valence-corrected chi connectivity index (χ1v) is 10.6. The Morgan fingerprint density at radius 2 is 1.60 bits per heavy atom. The van der Waals surface area contributed by atoms with Gasteiger partial charge in [-0.05, 0) is 24.2 Å². The highest BCUT2D eigenvalue weighted by molar-refractivity contribution is 7.81. The third-order valence-corrected chi connectivity index (χ3v) is 5.32. The molecule has 10 heteroatoms. The second-order valence-corrected chi connectivity index (χ2v) is 9.70. The van der Waals surface area contributed by atoms with E-state index in [0.717, 1.165) is 4.90 Å². The van der Waals surface area contributed by atoms with Crippen LogP contribution < -0.4 is 10.6 Å². The zero-order chi connectivity index (χ0) is 23.2. The molecule has 30 heavy (non-hydrogen) atoms. The van der Waals surface area contributed by atoms with E-state index in [2.05, 4.69) is 23.3 Å². The molecule has 1 unspecified atom stereocenters. The zero-order valence-electron chi connectivity index (χ0n) is 18.2. The molecule has 0 radical (unpaired) electrons. The largest absolute Gasteiger partial charge is 0.480 e. The summed E-state index contributed by atoms with van der Waals surface area (Å²) in [6.45, 7) is 8.96. The Bertz CT molecular complexity index is 673. The molecule has 9 nitrogen and oxygen atoms in total. The molecule has 0 aromatic carbocycles. The van der Waals surface area contributed by atoms with Crippen LogP contribution in [0.25, 0.3) is 0 Å². The lowest BCUT2D eigenvalue weighted by Crippen LogP contribution is -2.56. The Morgan fingerprint density at radius 1 is 1.07 bits per heavy atom. The molecule has 1 aliphatic rings. The lowest BCUT2D eigenvalue weighted by molar-refractivity contribution is -0.145. The summed E-state index contributed by atoms with van der Waals surface area (Å²) < 4.78 is 0. The second-order valence-electron chi connectivity index (χ2n) is 9.08. The number of amides is 4. The van der Waals surface area contributed by atoms with E-state index in [1.165, 1.54) is 0 Å². The van der Waals surface area contributed by atoms with Gasteiger partial charge in [-0.3, -0.25) is 24.1 Å². The number of thiol groups is 1. The number of imide groups is 1. The van der Waals surface area contributed by atoms with Gasteiger partial charge in [0.15, 0.2) is 0 Å². The molecule has 1 rings (SSSR count). The van der Waals surface area contributed by atoms with Crippen LogP contribution in [0.15, 0.2) is 0 Å². The third-order valence-electron chi connectivity index (χ3n) is 4.82. The molecule has 1 heterocycles. The summed E-state index contributed by atoms with van der Waals surface area (Å²) in [4.78, 5) is 61.3. The van der Waals surface area contributed by atoms with Crippen molar-refractivity contribution in [1.29, 1.82) is 0 Å². The van der Waals surface area contributed by atoms with Crippen molar-refractivity contribution in [2.45, 2.75) is 77.6 Å². The number of carboxylic acid groups (broad SMARTS) is 1. The van der Waals surface area contributed by atoms with Gasteiger partial charge in [-0.15, -0.1) is 0 Å². The van der Waals surface area contributed by atoms with Gasteiger partial charge in [-0.1, -0.05) is 34.6 Å². The number of aliphatic carboxylic acids is 1. The summed E-state index contributed by atoms with van der Waals surface area (Å²) in [7, 11) is 0. The standard InChI is InChI=1S/C20H33N3O6S/c1-11(2)10-12(17(26)22-16(19(28)29)20(3,4)5)21-18(27)13(30)8-9-23-14(24)6-7-15(23)25/h11-13,16,30H,6-10H2,1-5H3,(H,21,27)(H,22,26)(H,28,29)/t12-,13?,16+/m0/s1. The molecular weight excluding hydrogens is 410 g/mol. The molecule has 3 atom stereocenters. The molecule has 4 amide bonds. The lowest BCUT2D eigenvalue weighted by Gasteiger charge is -2.30. The summed E-state index contributed by atoms with van der Waals surface area (Å²) in [6.07, 6.45) is 0.828. The van der Waals surface area contributed by atoms with Crippen molar-refractivity contribution in [3.8, 4) is 0 Å². The fraction of sp³-hybridized carbons (Fsp3) is 0.750. The number of carbonyl (C=O) groups excluding carboxylic acids is 4. The molecule has 1 aliphatic heterocycles. The predicted octanol–water partition coefficient (Wildman–Crippen LogP) is 0.970. The topological polar surface area (TPSA) is 133 Å². The average molecular weight is 444 g/mol. The number of carbonyl (C=O) groups is 5. The highest BCUT2D eigenvalue weighted by atomic mass is 32.1. The number of nitrogens with zero attached hydrogens (tertiary/aromatic N) is 1. The maximum atomic E-state index is 12.7. The highest BCUT2D eigenvalue weighted by Crippen LogP contribution is 2.20. The van der Waals surface area contributed by atoms with Crippen molar-refractivity contribution in [1.82, 2.24) is 15.5 Å². The van der Waals surface area contributed by atoms with Crippen LogP contribution in [0.1, 0.15) is 60.3 Å². The van der Waals surface area contributed by atoms with Crippen molar-refractivity contribution < 1.29 is 29.1 Å². The van der Waals surface area contributed by atoms with E-state index in [0.29, 0.717) is 6.42 Å². The maximum absolute atomic E-state index is 12.7. The molecule has 170 valence electrons. The number of nitrogens with one attached hydrogen (secondary N) is 2. The predicted molar refractivity (Wildman–Crippen MR) is 114 cm³/mol. The number of likely N-dealkylation sites (tertiary alicyclic amines) is 1. The van der Waals surface area contributed by atoms with Crippen LogP contribution >= 0.6 is 12.6 Å². The highest BCUT2D eigenvalue weighted by Gasteiger charge is 2.35. The lowest BCUT2D eigenvalue weighted by atomic mass is 9.86. The van der Waals surface area contributed by atoms with Gasteiger partial charge in [0.25, 0.3) is 0 Å². The molecule has 0 bridgehead atoms. The quantitative estimate of drug-likeness (QED) is 0.294. The number of hydrogen-bond acceptors (Lipinski definition) is 6. The molecule has 1 saturated heterocycles. The SMILES string of the molecule is CC(C)C[C@H](NC(=O)C(S)CCN1C(=O)CCC1=O)C(=O)N[C@H](C(=O)O)C(C)(C)C. The van der Waals surface area contributed by atoms with Gasteiger partial charge in [0, 0.05) is 19.4 Å². The minimum atomic E-state index is -1.16. The van der Waals surface area contributed by atoms with Crippen LogP contribution in [0.3, 0.4) is 0 Å². The summed E-state index contributed by atoms with van der Waals surface area (Å²) in [5, 5.41) is 13.8. The minimum Gasteiger partial charge on any atom is -0.480 e. The second kappa shape index (κ2) is 10.8. The van der Waals surface area contributed by atoms with Crippen LogP contribution in [0.4, 0.5) is 0 Å². The van der Waals surface area contributed by atoms with E-state index in [4.69, 9.17) is 0 Å². The minimum absolute atomic E-state index is 0.0668. The number of rotatable bonds is 10. The van der Waals surface area contributed by atoms with Crippen molar-refractivity contribution in [2.24, 2.45) is 11.3 Å². The summed E-state index contributed by atoms with van der Waals surface area (Å²) in [6, 6.07) is -2.04. The van der Waals surface area contributed by atoms with E-state index in [1.54, 1.807) is 20.8 Å². The van der Waals surface area contributed by atoms with Crippen molar-refractivity contribution in [2.75, 3.05) is 6.54 Å². The van der Waals surface area contributed by atoms with Crippen LogP contribution in [0.2, 0.25) is 0 Å². The Hall–Kier alpha value is -2.10. The Morgan fingerprint density at radius 3 is 2.03 bits per heavy atom. The van der Waals surface area contributed by atoms with Gasteiger partial charge in [-0.25, -0.2) is 4.79 Å². The van der Waals surface area contributed by atoms with Gasteiger partial charge in [-0.2, -0.15) is 12.6 Å². The van der Waals surface area contributed by atoms with Crippen LogP contribution in [-0.2, 0) is 24.0 Å². The Balaban J connectivity index is 2.76. The summed E-state index contributed by atoms with van der Waals surface area (Å²) in [5.41, 5.74) is -0.714. The molecule has 0 aromatic rings.